The SMILES string of the molecule is Cc1cccc(N(C)S(=O)(=O)c2ccc3nc(-c4ccccc4)[nH]c3c2)c1. The number of benzene rings is 3. The van der Waals surface area contributed by atoms with Crippen LogP contribution in [0.1, 0.15) is 5.56 Å². The second-order valence-electron chi connectivity index (χ2n) is 6.44. The Bertz CT molecular complexity index is 1210. The molecule has 0 aliphatic rings. The lowest BCUT2D eigenvalue weighted by atomic mass is 10.2. The highest BCUT2D eigenvalue weighted by atomic mass is 32.2. The van der Waals surface area contributed by atoms with Crippen LogP contribution < -0.4 is 4.31 Å². The lowest BCUT2D eigenvalue weighted by Gasteiger charge is -2.20. The fraction of sp³-hybridized carbons (Fsp3) is 0.0952. The maximum absolute atomic E-state index is 13.1. The summed E-state index contributed by atoms with van der Waals surface area (Å²) in [5.41, 5.74) is 4.00. The number of imidazole rings is 1. The first kappa shape index (κ1) is 17.3. The van der Waals surface area contributed by atoms with Gasteiger partial charge in [0, 0.05) is 12.6 Å². The van der Waals surface area contributed by atoms with Crippen molar-refractivity contribution >= 4 is 26.7 Å². The molecule has 27 heavy (non-hydrogen) atoms. The maximum Gasteiger partial charge on any atom is 0.264 e. The van der Waals surface area contributed by atoms with Gasteiger partial charge in [0.05, 0.1) is 21.6 Å². The van der Waals surface area contributed by atoms with Crippen LogP contribution in [-0.2, 0) is 10.0 Å². The Morgan fingerprint density at radius 2 is 1.70 bits per heavy atom. The second kappa shape index (κ2) is 6.55. The van der Waals surface area contributed by atoms with Crippen molar-refractivity contribution in [1.82, 2.24) is 9.97 Å². The Kier molecular flexibility index (Phi) is 4.20. The highest BCUT2D eigenvalue weighted by Gasteiger charge is 2.22. The van der Waals surface area contributed by atoms with Gasteiger partial charge in [-0.15, -0.1) is 0 Å². The molecule has 5 nitrogen and oxygen atoms in total. The zero-order valence-corrected chi connectivity index (χ0v) is 15.9. The number of nitrogens with one attached hydrogen (secondary N) is 1. The third kappa shape index (κ3) is 3.19. The number of fused-ring (bicyclic) bond motifs is 1. The van der Waals surface area contributed by atoms with Crippen molar-refractivity contribution in [2.75, 3.05) is 11.4 Å². The van der Waals surface area contributed by atoms with Crippen LogP contribution in [-0.4, -0.2) is 25.4 Å². The first-order valence-corrected chi connectivity index (χ1v) is 10.00. The molecule has 0 amide bonds. The second-order valence-corrected chi connectivity index (χ2v) is 8.41. The van der Waals surface area contributed by atoms with Crippen molar-refractivity contribution in [3.63, 3.8) is 0 Å². The molecular weight excluding hydrogens is 358 g/mol. The molecule has 1 heterocycles. The summed E-state index contributed by atoms with van der Waals surface area (Å²) >= 11 is 0. The first-order chi connectivity index (χ1) is 12.9. The summed E-state index contributed by atoms with van der Waals surface area (Å²) in [6, 6.07) is 22.1. The minimum Gasteiger partial charge on any atom is -0.338 e. The first-order valence-electron chi connectivity index (χ1n) is 8.56. The molecule has 0 radical (unpaired) electrons. The Hall–Kier alpha value is -3.12. The lowest BCUT2D eigenvalue weighted by molar-refractivity contribution is 0.594. The molecule has 136 valence electrons. The number of aromatic nitrogens is 2. The van der Waals surface area contributed by atoms with E-state index < -0.39 is 10.0 Å². The van der Waals surface area contributed by atoms with Crippen LogP contribution in [0.25, 0.3) is 22.4 Å². The minimum atomic E-state index is -3.67. The summed E-state index contributed by atoms with van der Waals surface area (Å²) in [7, 11) is -2.10. The number of hydrogen-bond acceptors (Lipinski definition) is 3. The number of hydrogen-bond donors (Lipinski definition) is 1. The van der Waals surface area contributed by atoms with Crippen molar-refractivity contribution < 1.29 is 8.42 Å². The molecule has 4 rings (SSSR count). The molecule has 0 saturated carbocycles. The normalized spacial score (nSPS) is 11.6. The van der Waals surface area contributed by atoms with Gasteiger partial charge in [0.2, 0.25) is 0 Å². The van der Waals surface area contributed by atoms with E-state index in [1.54, 1.807) is 31.3 Å². The van der Waals surface area contributed by atoms with Gasteiger partial charge < -0.3 is 4.98 Å². The van der Waals surface area contributed by atoms with Gasteiger partial charge in [-0.2, -0.15) is 0 Å². The zero-order valence-electron chi connectivity index (χ0n) is 15.0. The van der Waals surface area contributed by atoms with Crippen LogP contribution in [0.5, 0.6) is 0 Å². The van der Waals surface area contributed by atoms with E-state index in [-0.39, 0.29) is 4.90 Å². The topological polar surface area (TPSA) is 66.1 Å². The van der Waals surface area contributed by atoms with Gasteiger partial charge in [0.1, 0.15) is 5.82 Å². The molecule has 4 aromatic rings. The molecule has 0 aliphatic heterocycles. The van der Waals surface area contributed by atoms with Gasteiger partial charge in [-0.3, -0.25) is 4.31 Å². The van der Waals surface area contributed by atoms with E-state index in [4.69, 9.17) is 0 Å². The molecule has 0 bridgehead atoms. The van der Waals surface area contributed by atoms with Gasteiger partial charge in [-0.1, -0.05) is 42.5 Å². The van der Waals surface area contributed by atoms with E-state index in [1.807, 2.05) is 55.5 Å². The van der Waals surface area contributed by atoms with E-state index in [9.17, 15) is 8.42 Å². The zero-order chi connectivity index (χ0) is 19.0. The largest absolute Gasteiger partial charge is 0.338 e. The molecular formula is C21H19N3O2S. The van der Waals surface area contributed by atoms with Crippen LogP contribution in [0.4, 0.5) is 5.69 Å². The van der Waals surface area contributed by atoms with E-state index >= 15 is 0 Å². The van der Waals surface area contributed by atoms with Gasteiger partial charge in [0.25, 0.3) is 10.0 Å². The summed E-state index contributed by atoms with van der Waals surface area (Å²) < 4.78 is 27.4. The summed E-state index contributed by atoms with van der Waals surface area (Å²) in [4.78, 5) is 8.00. The van der Waals surface area contributed by atoms with Gasteiger partial charge in [0.15, 0.2) is 0 Å². The molecule has 3 aromatic carbocycles. The number of aryl methyl sites for hydroxylation is 1. The molecule has 0 aliphatic carbocycles. The van der Waals surface area contributed by atoms with Gasteiger partial charge in [-0.05, 0) is 42.8 Å². The van der Waals surface area contributed by atoms with Gasteiger partial charge in [-0.25, -0.2) is 13.4 Å². The predicted molar refractivity (Wildman–Crippen MR) is 108 cm³/mol. The summed E-state index contributed by atoms with van der Waals surface area (Å²) in [6.45, 7) is 1.94. The van der Waals surface area contributed by atoms with Crippen molar-refractivity contribution in [3.05, 3.63) is 78.4 Å². The van der Waals surface area contributed by atoms with E-state index in [0.29, 0.717) is 17.0 Å². The average Bonchev–Trinajstić information content (AvgIpc) is 3.11. The van der Waals surface area contributed by atoms with Crippen molar-refractivity contribution in [1.29, 1.82) is 0 Å². The monoisotopic (exact) mass is 377 g/mol. The third-order valence-electron chi connectivity index (χ3n) is 4.52. The summed E-state index contributed by atoms with van der Waals surface area (Å²) in [5.74, 6) is 0.715. The van der Waals surface area contributed by atoms with Crippen LogP contribution in [0.15, 0.2) is 77.7 Å². The van der Waals surface area contributed by atoms with Crippen molar-refractivity contribution in [2.45, 2.75) is 11.8 Å². The van der Waals surface area contributed by atoms with E-state index in [0.717, 1.165) is 16.6 Å². The van der Waals surface area contributed by atoms with Crippen LogP contribution in [0, 0.1) is 6.92 Å². The number of anilines is 1. The molecule has 1 aromatic heterocycles. The summed E-state index contributed by atoms with van der Waals surface area (Å²) in [5, 5.41) is 0. The molecule has 0 spiro atoms. The van der Waals surface area contributed by atoms with Crippen LogP contribution in [0.2, 0.25) is 0 Å². The standard InChI is InChI=1S/C21H19N3O2S/c1-15-7-6-10-17(13-15)24(2)27(25,26)18-11-12-19-20(14-18)23-21(22-19)16-8-4-3-5-9-16/h3-14H,1-2H3,(H,22,23). The van der Waals surface area contributed by atoms with Crippen molar-refractivity contribution in [3.8, 4) is 11.4 Å². The third-order valence-corrected chi connectivity index (χ3v) is 6.31. The quantitative estimate of drug-likeness (QED) is 0.574. The smallest absolute Gasteiger partial charge is 0.264 e. The highest BCUT2D eigenvalue weighted by molar-refractivity contribution is 7.92. The minimum absolute atomic E-state index is 0.224. The Labute approximate surface area is 158 Å². The Balaban J connectivity index is 1.75. The van der Waals surface area contributed by atoms with E-state index in [2.05, 4.69) is 9.97 Å². The number of aromatic amines is 1. The lowest BCUT2D eigenvalue weighted by Crippen LogP contribution is -2.26. The number of rotatable bonds is 4. The average molecular weight is 377 g/mol. The number of sulfonamides is 1. The molecule has 6 heteroatoms. The summed E-state index contributed by atoms with van der Waals surface area (Å²) in [6.07, 6.45) is 0. The van der Waals surface area contributed by atoms with Crippen LogP contribution in [0.3, 0.4) is 0 Å². The van der Waals surface area contributed by atoms with E-state index in [1.165, 1.54) is 4.31 Å². The molecule has 0 fully saturated rings. The molecule has 0 unspecified atom stereocenters. The number of nitrogens with zero attached hydrogens (tertiary/aromatic N) is 2. The fourth-order valence-corrected chi connectivity index (χ4v) is 4.22. The molecule has 0 atom stereocenters. The van der Waals surface area contributed by atoms with Crippen LogP contribution >= 0.6 is 0 Å². The predicted octanol–water partition coefficient (Wildman–Crippen LogP) is 4.36. The fourth-order valence-electron chi connectivity index (χ4n) is 3.00. The highest BCUT2D eigenvalue weighted by Crippen LogP contribution is 2.26. The maximum atomic E-state index is 13.1. The molecule has 0 saturated heterocycles. The molecule has 1 N–H and O–H groups in total. The number of H-pyrrole nitrogens is 1. The Morgan fingerprint density at radius 1 is 0.926 bits per heavy atom. The van der Waals surface area contributed by atoms with Crippen molar-refractivity contribution in [2.24, 2.45) is 0 Å². The van der Waals surface area contributed by atoms with Gasteiger partial charge >= 0.3 is 0 Å². The Morgan fingerprint density at radius 3 is 2.44 bits per heavy atom.